The van der Waals surface area contributed by atoms with Gasteiger partial charge in [-0.1, -0.05) is 0 Å². The van der Waals surface area contributed by atoms with Gasteiger partial charge in [-0.05, 0) is 25.1 Å². The lowest BCUT2D eigenvalue weighted by molar-refractivity contribution is 0.0515. The Morgan fingerprint density at radius 2 is 1.74 bits per heavy atom. The largest absolute Gasteiger partial charge is 0.459 e. The molecule has 1 fully saturated rings. The van der Waals surface area contributed by atoms with Gasteiger partial charge in [-0.15, -0.1) is 0 Å². The Morgan fingerprint density at radius 3 is 2.26 bits per heavy atom. The number of rotatable bonds is 3. The van der Waals surface area contributed by atoms with Crippen molar-refractivity contribution in [3.05, 3.63) is 47.7 Å². The molecular weight excluding hydrogens is 298 g/mol. The highest BCUT2D eigenvalue weighted by Crippen LogP contribution is 2.13. The van der Waals surface area contributed by atoms with Crippen molar-refractivity contribution < 1.29 is 18.8 Å². The lowest BCUT2D eigenvalue weighted by Crippen LogP contribution is -2.50. The summed E-state index contributed by atoms with van der Waals surface area (Å²) in [6, 6.07) is 4.86. The summed E-state index contributed by atoms with van der Waals surface area (Å²) in [5.41, 5.74) is 0.876. The van der Waals surface area contributed by atoms with Crippen molar-refractivity contribution in [2.24, 2.45) is 0 Å². The molecule has 2 amide bonds. The molecule has 0 aliphatic carbocycles. The smallest absolute Gasteiger partial charge is 0.289 e. The van der Waals surface area contributed by atoms with E-state index in [1.807, 2.05) is 0 Å². The molecular formula is C16H17N3O4. The van der Waals surface area contributed by atoms with E-state index in [-0.39, 0.29) is 17.6 Å². The molecule has 0 saturated carbocycles. The molecule has 1 aliphatic heterocycles. The Labute approximate surface area is 132 Å². The number of nitrogens with one attached hydrogen (secondary N) is 1. The predicted molar refractivity (Wildman–Crippen MR) is 81.3 cm³/mol. The topological polar surface area (TPSA) is 86.6 Å². The van der Waals surface area contributed by atoms with Crippen molar-refractivity contribution in [3.8, 4) is 0 Å². The number of furan rings is 1. The lowest BCUT2D eigenvalue weighted by Gasteiger charge is -2.34. The third kappa shape index (κ3) is 3.03. The van der Waals surface area contributed by atoms with Crippen LogP contribution >= 0.6 is 0 Å². The number of piperazine rings is 1. The molecule has 1 N–H and O–H groups in total. The molecule has 3 heterocycles. The summed E-state index contributed by atoms with van der Waals surface area (Å²) in [7, 11) is 0. The first-order chi connectivity index (χ1) is 11.1. The number of aromatic amines is 1. The first kappa shape index (κ1) is 15.1. The Bertz CT molecular complexity index is 724. The quantitative estimate of drug-likeness (QED) is 0.868. The van der Waals surface area contributed by atoms with E-state index >= 15 is 0 Å². The van der Waals surface area contributed by atoms with Gasteiger partial charge in [-0.3, -0.25) is 14.4 Å². The molecule has 0 bridgehead atoms. The van der Waals surface area contributed by atoms with Gasteiger partial charge in [0.25, 0.3) is 11.8 Å². The van der Waals surface area contributed by atoms with Gasteiger partial charge < -0.3 is 19.2 Å². The minimum absolute atomic E-state index is 0.0887. The van der Waals surface area contributed by atoms with Gasteiger partial charge in [0.2, 0.25) is 0 Å². The van der Waals surface area contributed by atoms with Crippen molar-refractivity contribution in [1.82, 2.24) is 14.8 Å². The monoisotopic (exact) mass is 315 g/mol. The average molecular weight is 315 g/mol. The third-order valence-corrected chi connectivity index (χ3v) is 3.91. The van der Waals surface area contributed by atoms with Gasteiger partial charge in [-0.25, -0.2) is 0 Å². The molecule has 7 nitrogen and oxygen atoms in total. The van der Waals surface area contributed by atoms with Gasteiger partial charge in [0.05, 0.1) is 6.26 Å². The van der Waals surface area contributed by atoms with Crippen LogP contribution in [0.15, 0.2) is 35.1 Å². The van der Waals surface area contributed by atoms with Crippen LogP contribution in [0.3, 0.4) is 0 Å². The van der Waals surface area contributed by atoms with E-state index in [4.69, 9.17) is 4.42 Å². The Balaban J connectivity index is 1.61. The Morgan fingerprint density at radius 1 is 1.09 bits per heavy atom. The second kappa shape index (κ2) is 6.12. The van der Waals surface area contributed by atoms with Gasteiger partial charge in [0.1, 0.15) is 5.69 Å². The highest BCUT2D eigenvalue weighted by atomic mass is 16.3. The minimum Gasteiger partial charge on any atom is -0.459 e. The maximum atomic E-state index is 12.4. The van der Waals surface area contributed by atoms with Crippen LogP contribution in [0.1, 0.15) is 38.3 Å². The molecule has 0 unspecified atom stereocenters. The number of carbonyl (C=O) groups is 3. The second-order valence-corrected chi connectivity index (χ2v) is 5.42. The molecule has 7 heteroatoms. The number of hydrogen-bond donors (Lipinski definition) is 1. The number of nitrogens with zero attached hydrogens (tertiary/aromatic N) is 2. The van der Waals surface area contributed by atoms with Crippen LogP contribution in [0.5, 0.6) is 0 Å². The van der Waals surface area contributed by atoms with Crippen LogP contribution in [0.25, 0.3) is 0 Å². The molecule has 1 saturated heterocycles. The van der Waals surface area contributed by atoms with Gasteiger partial charge in [-0.2, -0.15) is 0 Å². The van der Waals surface area contributed by atoms with E-state index < -0.39 is 0 Å². The summed E-state index contributed by atoms with van der Waals surface area (Å²) >= 11 is 0. The van der Waals surface area contributed by atoms with E-state index in [1.54, 1.807) is 28.0 Å². The normalized spacial score (nSPS) is 14.8. The predicted octanol–water partition coefficient (Wildman–Crippen LogP) is 1.41. The van der Waals surface area contributed by atoms with Gasteiger partial charge in [0.15, 0.2) is 11.5 Å². The van der Waals surface area contributed by atoms with Crippen LogP contribution in [0, 0.1) is 0 Å². The van der Waals surface area contributed by atoms with Crippen molar-refractivity contribution in [3.63, 3.8) is 0 Å². The van der Waals surface area contributed by atoms with Crippen molar-refractivity contribution in [1.29, 1.82) is 0 Å². The maximum absolute atomic E-state index is 12.4. The van der Waals surface area contributed by atoms with Crippen molar-refractivity contribution in [2.75, 3.05) is 26.2 Å². The molecule has 2 aromatic rings. The summed E-state index contributed by atoms with van der Waals surface area (Å²) in [5.74, 6) is -0.113. The maximum Gasteiger partial charge on any atom is 0.289 e. The first-order valence-electron chi connectivity index (χ1n) is 7.37. The molecule has 2 aromatic heterocycles. The van der Waals surface area contributed by atoms with Crippen LogP contribution in [-0.4, -0.2) is 58.6 Å². The van der Waals surface area contributed by atoms with Crippen LogP contribution < -0.4 is 0 Å². The standard InChI is InChI=1S/C16H17N3O4/c1-11(20)12-9-13(17-10-12)15(21)18-4-6-19(7-5-18)16(22)14-3-2-8-23-14/h2-3,8-10,17H,4-7H2,1H3. The van der Waals surface area contributed by atoms with Crippen LogP contribution in [-0.2, 0) is 0 Å². The SMILES string of the molecule is CC(=O)c1c[nH]c(C(=O)N2CCN(C(=O)c3ccco3)CC2)c1. The van der Waals surface area contributed by atoms with Gasteiger partial charge >= 0.3 is 0 Å². The lowest BCUT2D eigenvalue weighted by atomic mass is 10.2. The summed E-state index contributed by atoms with van der Waals surface area (Å²) in [6.45, 7) is 3.24. The molecule has 1 aliphatic rings. The van der Waals surface area contributed by atoms with Gasteiger partial charge in [0, 0.05) is 37.9 Å². The molecule has 0 atom stereocenters. The zero-order chi connectivity index (χ0) is 16.4. The summed E-state index contributed by atoms with van der Waals surface area (Å²) in [5, 5.41) is 0. The number of H-pyrrole nitrogens is 1. The molecule has 0 spiro atoms. The highest BCUT2D eigenvalue weighted by molar-refractivity contribution is 5.99. The van der Waals surface area contributed by atoms with E-state index in [0.717, 1.165) is 0 Å². The van der Waals surface area contributed by atoms with E-state index in [0.29, 0.717) is 43.2 Å². The minimum atomic E-state index is -0.166. The van der Waals surface area contributed by atoms with E-state index in [2.05, 4.69) is 4.98 Å². The molecule has 0 radical (unpaired) electrons. The fourth-order valence-corrected chi connectivity index (χ4v) is 2.56. The fourth-order valence-electron chi connectivity index (χ4n) is 2.56. The number of ketones is 1. The fraction of sp³-hybridized carbons (Fsp3) is 0.312. The van der Waals surface area contributed by atoms with Crippen molar-refractivity contribution >= 4 is 17.6 Å². The zero-order valence-electron chi connectivity index (χ0n) is 12.7. The average Bonchev–Trinajstić information content (AvgIpc) is 3.25. The number of aromatic nitrogens is 1. The first-order valence-corrected chi connectivity index (χ1v) is 7.37. The third-order valence-electron chi connectivity index (χ3n) is 3.91. The number of amides is 2. The molecule has 0 aromatic carbocycles. The Hall–Kier alpha value is -2.83. The van der Waals surface area contributed by atoms with E-state index in [9.17, 15) is 14.4 Å². The van der Waals surface area contributed by atoms with Crippen LogP contribution in [0.2, 0.25) is 0 Å². The number of Topliss-reactive ketones (excluding diaryl/α,β-unsaturated/α-hetero) is 1. The van der Waals surface area contributed by atoms with Crippen molar-refractivity contribution in [2.45, 2.75) is 6.92 Å². The molecule has 3 rings (SSSR count). The second-order valence-electron chi connectivity index (χ2n) is 5.42. The number of hydrogen-bond acceptors (Lipinski definition) is 4. The van der Waals surface area contributed by atoms with Crippen LogP contribution in [0.4, 0.5) is 0 Å². The highest BCUT2D eigenvalue weighted by Gasteiger charge is 2.27. The van der Waals surface area contributed by atoms with E-state index in [1.165, 1.54) is 19.4 Å². The summed E-state index contributed by atoms with van der Waals surface area (Å²) in [4.78, 5) is 42.0. The molecule has 120 valence electrons. The Kier molecular flexibility index (Phi) is 4.01. The zero-order valence-corrected chi connectivity index (χ0v) is 12.7. The summed E-state index contributed by atoms with van der Waals surface area (Å²) < 4.78 is 5.11. The summed E-state index contributed by atoms with van der Waals surface area (Å²) in [6.07, 6.45) is 3.00. The molecule has 23 heavy (non-hydrogen) atoms. The number of carbonyl (C=O) groups excluding carboxylic acids is 3.